The van der Waals surface area contributed by atoms with Gasteiger partial charge in [-0.3, -0.25) is 19.1 Å². The molecule has 0 saturated heterocycles. The van der Waals surface area contributed by atoms with Crippen LogP contribution < -0.4 is 10.6 Å². The van der Waals surface area contributed by atoms with Crippen LogP contribution in [0.25, 0.3) is 0 Å². The molecule has 4 rings (SSSR count). The highest BCUT2D eigenvalue weighted by Gasteiger charge is 2.46. The van der Waals surface area contributed by atoms with Crippen molar-refractivity contribution in [2.75, 3.05) is 7.05 Å². The van der Waals surface area contributed by atoms with Gasteiger partial charge in [0.1, 0.15) is 17.1 Å². The average molecular weight is 456 g/mol. The number of likely N-dealkylation sites (N-methyl/N-ethyl adjacent to an activating group) is 1. The summed E-state index contributed by atoms with van der Waals surface area (Å²) in [5.41, 5.74) is -0.106. The first-order valence-electron chi connectivity index (χ1n) is 9.97. The Morgan fingerprint density at radius 2 is 1.94 bits per heavy atom. The first kappa shape index (κ1) is 21.7. The van der Waals surface area contributed by atoms with E-state index in [1.807, 2.05) is 17.5 Å². The highest BCUT2D eigenvalue weighted by atomic mass is 32.1. The molecule has 1 aliphatic heterocycles. The number of aromatic nitrogens is 2. The van der Waals surface area contributed by atoms with Crippen LogP contribution in [-0.4, -0.2) is 45.0 Å². The zero-order valence-corrected chi connectivity index (χ0v) is 18.4. The van der Waals surface area contributed by atoms with Crippen molar-refractivity contribution in [2.45, 2.75) is 32.1 Å². The number of carbonyl (C=O) groups excluding carboxylic acids is 3. The number of rotatable bonds is 6. The Kier molecular flexibility index (Phi) is 5.79. The van der Waals surface area contributed by atoms with Gasteiger partial charge in [-0.25, -0.2) is 4.39 Å². The van der Waals surface area contributed by atoms with E-state index >= 15 is 0 Å². The zero-order chi connectivity index (χ0) is 22.9. The molecule has 0 unspecified atom stereocenters. The van der Waals surface area contributed by atoms with Gasteiger partial charge in [-0.05, 0) is 36.1 Å². The summed E-state index contributed by atoms with van der Waals surface area (Å²) in [6, 6.07) is 11.1. The van der Waals surface area contributed by atoms with Crippen LogP contribution >= 0.6 is 11.3 Å². The fraction of sp³-hybridized carbons (Fsp3) is 0.273. The van der Waals surface area contributed by atoms with E-state index in [4.69, 9.17) is 0 Å². The van der Waals surface area contributed by atoms with E-state index in [0.29, 0.717) is 6.54 Å². The summed E-state index contributed by atoms with van der Waals surface area (Å²) >= 11 is 1.53. The second-order valence-electron chi connectivity index (χ2n) is 7.78. The number of hydrogen-bond acceptors (Lipinski definition) is 5. The molecule has 10 heteroatoms. The van der Waals surface area contributed by atoms with Gasteiger partial charge in [-0.2, -0.15) is 5.10 Å². The molecule has 3 aromatic rings. The maximum absolute atomic E-state index is 13.1. The smallest absolute Gasteiger partial charge is 0.272 e. The van der Waals surface area contributed by atoms with Gasteiger partial charge >= 0.3 is 0 Å². The molecule has 0 spiro atoms. The first-order valence-corrected chi connectivity index (χ1v) is 10.9. The molecule has 1 atom stereocenters. The molecule has 1 aliphatic rings. The van der Waals surface area contributed by atoms with Crippen LogP contribution in [0.4, 0.5) is 4.39 Å². The number of thiophene rings is 1. The van der Waals surface area contributed by atoms with E-state index in [1.54, 1.807) is 26.1 Å². The minimum absolute atomic E-state index is 0.0953. The van der Waals surface area contributed by atoms with Crippen molar-refractivity contribution in [1.82, 2.24) is 25.3 Å². The van der Waals surface area contributed by atoms with Crippen molar-refractivity contribution in [2.24, 2.45) is 0 Å². The predicted octanol–water partition coefficient (Wildman–Crippen LogP) is 2.17. The Labute approximate surface area is 188 Å². The number of benzene rings is 1. The third kappa shape index (κ3) is 4.13. The lowest BCUT2D eigenvalue weighted by molar-refractivity contribution is -0.132. The van der Waals surface area contributed by atoms with Crippen molar-refractivity contribution in [3.8, 4) is 0 Å². The number of carbonyl (C=O) groups is 3. The summed E-state index contributed by atoms with van der Waals surface area (Å²) in [6.07, 6.45) is 0. The van der Waals surface area contributed by atoms with Crippen molar-refractivity contribution in [1.29, 1.82) is 0 Å². The van der Waals surface area contributed by atoms with Gasteiger partial charge in [0.2, 0.25) is 5.91 Å². The molecule has 2 aromatic heterocycles. The minimum atomic E-state index is -1.21. The summed E-state index contributed by atoms with van der Waals surface area (Å²) in [5.74, 6) is -1.52. The molecule has 0 saturated carbocycles. The van der Waals surface area contributed by atoms with Gasteiger partial charge < -0.3 is 15.5 Å². The first-order chi connectivity index (χ1) is 15.3. The fourth-order valence-electron chi connectivity index (χ4n) is 3.48. The van der Waals surface area contributed by atoms with Crippen molar-refractivity contribution >= 4 is 29.1 Å². The Morgan fingerprint density at radius 3 is 2.62 bits per heavy atom. The normalized spacial score (nSPS) is 17.7. The highest BCUT2D eigenvalue weighted by molar-refractivity contribution is 7.09. The van der Waals surface area contributed by atoms with Crippen molar-refractivity contribution in [3.05, 3.63) is 75.5 Å². The van der Waals surface area contributed by atoms with Crippen LogP contribution in [0.3, 0.4) is 0 Å². The van der Waals surface area contributed by atoms with Crippen molar-refractivity contribution < 1.29 is 18.8 Å². The van der Waals surface area contributed by atoms with E-state index in [1.165, 1.54) is 39.1 Å². The number of hydrogen-bond donors (Lipinski definition) is 2. The molecule has 0 aliphatic carbocycles. The van der Waals surface area contributed by atoms with Gasteiger partial charge in [-0.1, -0.05) is 18.2 Å². The molecular weight excluding hydrogens is 433 g/mol. The van der Waals surface area contributed by atoms with Gasteiger partial charge in [0, 0.05) is 24.5 Å². The SMILES string of the molecule is CN1C(=O)c2cc(C(=O)NCc3cccs3)nn2C[C@@]1(C)C(=O)NCc1ccc(F)cc1. The van der Waals surface area contributed by atoms with Crippen molar-refractivity contribution in [3.63, 3.8) is 0 Å². The number of nitrogens with zero attached hydrogens (tertiary/aromatic N) is 3. The van der Waals surface area contributed by atoms with E-state index < -0.39 is 17.4 Å². The van der Waals surface area contributed by atoms with Crippen LogP contribution in [0.15, 0.2) is 47.8 Å². The molecule has 3 heterocycles. The molecule has 0 fully saturated rings. The molecule has 166 valence electrons. The monoisotopic (exact) mass is 455 g/mol. The fourth-order valence-corrected chi connectivity index (χ4v) is 4.13. The maximum Gasteiger partial charge on any atom is 0.272 e. The van der Waals surface area contributed by atoms with Gasteiger partial charge in [0.25, 0.3) is 11.8 Å². The Bertz CT molecular complexity index is 1160. The molecule has 2 N–H and O–H groups in total. The second-order valence-corrected chi connectivity index (χ2v) is 8.81. The van der Waals surface area contributed by atoms with Crippen LogP contribution in [-0.2, 0) is 24.4 Å². The van der Waals surface area contributed by atoms with Crippen LogP contribution in [0.5, 0.6) is 0 Å². The molecule has 0 bridgehead atoms. The third-order valence-corrected chi connectivity index (χ3v) is 6.47. The summed E-state index contributed by atoms with van der Waals surface area (Å²) in [6.45, 7) is 2.30. The van der Waals surface area contributed by atoms with Crippen LogP contribution in [0.2, 0.25) is 0 Å². The molecule has 8 nitrogen and oxygen atoms in total. The highest BCUT2D eigenvalue weighted by Crippen LogP contribution is 2.26. The Hall–Kier alpha value is -3.53. The standard InChI is InChI=1S/C22H22FN5O3S/c1-22(21(31)25-11-14-5-7-15(23)8-6-14)13-28-18(20(30)27(22)2)10-17(26-28)19(29)24-12-16-4-3-9-32-16/h3-10H,11-13H2,1-2H3,(H,24,29)(H,25,31)/t22-/m0/s1. The van der Waals surface area contributed by atoms with E-state index in [9.17, 15) is 18.8 Å². The minimum Gasteiger partial charge on any atom is -0.350 e. The Morgan fingerprint density at radius 1 is 1.19 bits per heavy atom. The van der Waals surface area contributed by atoms with Gasteiger partial charge in [-0.15, -0.1) is 11.3 Å². The van der Waals surface area contributed by atoms with Gasteiger partial charge in [0.15, 0.2) is 5.69 Å². The number of nitrogens with one attached hydrogen (secondary N) is 2. The average Bonchev–Trinajstić information content (AvgIpc) is 3.45. The summed E-state index contributed by atoms with van der Waals surface area (Å²) in [4.78, 5) is 40.8. The van der Waals surface area contributed by atoms with E-state index in [-0.39, 0.29) is 36.2 Å². The van der Waals surface area contributed by atoms with Crippen LogP contribution in [0, 0.1) is 5.82 Å². The predicted molar refractivity (Wildman–Crippen MR) is 116 cm³/mol. The van der Waals surface area contributed by atoms with E-state index in [2.05, 4.69) is 15.7 Å². The second kappa shape index (κ2) is 8.54. The maximum atomic E-state index is 13.1. The van der Waals surface area contributed by atoms with Crippen LogP contribution in [0.1, 0.15) is 38.3 Å². The quantitative estimate of drug-likeness (QED) is 0.596. The lowest BCUT2D eigenvalue weighted by Gasteiger charge is -2.40. The molecule has 0 radical (unpaired) electrons. The zero-order valence-electron chi connectivity index (χ0n) is 17.6. The summed E-state index contributed by atoms with van der Waals surface area (Å²) < 4.78 is 14.5. The topological polar surface area (TPSA) is 96.3 Å². The van der Waals surface area contributed by atoms with Gasteiger partial charge in [0.05, 0.1) is 13.1 Å². The lowest BCUT2D eigenvalue weighted by Crippen LogP contribution is -2.62. The molecular formula is C22H22FN5O3S. The number of fused-ring (bicyclic) bond motifs is 1. The molecule has 3 amide bonds. The molecule has 32 heavy (non-hydrogen) atoms. The number of amides is 3. The third-order valence-electron chi connectivity index (χ3n) is 5.59. The summed E-state index contributed by atoms with van der Waals surface area (Å²) in [5, 5.41) is 11.8. The lowest BCUT2D eigenvalue weighted by atomic mass is 9.96. The summed E-state index contributed by atoms with van der Waals surface area (Å²) in [7, 11) is 1.55. The number of halogens is 1. The van der Waals surface area contributed by atoms with E-state index in [0.717, 1.165) is 10.4 Å². The molecule has 1 aromatic carbocycles. The Balaban J connectivity index is 1.47. The largest absolute Gasteiger partial charge is 0.350 e.